The van der Waals surface area contributed by atoms with Crippen molar-refractivity contribution in [1.82, 2.24) is 10.6 Å². The van der Waals surface area contributed by atoms with Crippen LogP contribution in [0.4, 0.5) is 4.39 Å². The zero-order chi connectivity index (χ0) is 17.6. The van der Waals surface area contributed by atoms with Gasteiger partial charge in [0.05, 0.1) is 0 Å². The van der Waals surface area contributed by atoms with E-state index < -0.39 is 0 Å². The van der Waals surface area contributed by atoms with Crippen molar-refractivity contribution in [1.29, 1.82) is 0 Å². The van der Waals surface area contributed by atoms with Crippen molar-refractivity contribution in [2.24, 2.45) is 4.99 Å². The highest BCUT2D eigenvalue weighted by molar-refractivity contribution is 7.97. The van der Waals surface area contributed by atoms with Crippen molar-refractivity contribution in [3.05, 3.63) is 71.0 Å². The molecule has 1 saturated carbocycles. The van der Waals surface area contributed by atoms with Crippen LogP contribution in [0.2, 0.25) is 0 Å². The van der Waals surface area contributed by atoms with Gasteiger partial charge in [-0.1, -0.05) is 36.4 Å². The van der Waals surface area contributed by atoms with Crippen molar-refractivity contribution in [3.8, 4) is 0 Å². The van der Waals surface area contributed by atoms with Crippen LogP contribution in [-0.2, 0) is 12.3 Å². The number of guanidine groups is 1. The summed E-state index contributed by atoms with van der Waals surface area (Å²) in [6, 6.07) is 16.0. The van der Waals surface area contributed by atoms with Crippen LogP contribution in [0.25, 0.3) is 0 Å². The fraction of sp³-hybridized carbons (Fsp3) is 0.350. The van der Waals surface area contributed by atoms with Crippen molar-refractivity contribution in [3.63, 3.8) is 0 Å². The van der Waals surface area contributed by atoms with Gasteiger partial charge in [0.1, 0.15) is 5.82 Å². The fourth-order valence-electron chi connectivity index (χ4n) is 3.03. The molecule has 0 spiro atoms. The summed E-state index contributed by atoms with van der Waals surface area (Å²) in [7, 11) is 1.78. The van der Waals surface area contributed by atoms with Gasteiger partial charge < -0.3 is 10.6 Å². The summed E-state index contributed by atoms with van der Waals surface area (Å²) in [6.45, 7) is 0.637. The zero-order valence-electron chi connectivity index (χ0n) is 14.6. The lowest BCUT2D eigenvalue weighted by molar-refractivity contribution is 0.625. The molecule has 3 nitrogen and oxygen atoms in total. The van der Waals surface area contributed by atoms with Gasteiger partial charge in [-0.2, -0.15) is 11.8 Å². The summed E-state index contributed by atoms with van der Waals surface area (Å²) >= 11 is 1.70. The molecule has 2 N–H and O–H groups in total. The molecule has 5 heteroatoms. The van der Waals surface area contributed by atoms with E-state index in [1.807, 2.05) is 18.4 Å². The van der Waals surface area contributed by atoms with Gasteiger partial charge in [-0.15, -0.1) is 0 Å². The van der Waals surface area contributed by atoms with Gasteiger partial charge in [0.2, 0.25) is 0 Å². The van der Waals surface area contributed by atoms with E-state index >= 15 is 0 Å². The van der Waals surface area contributed by atoms with Gasteiger partial charge in [-0.3, -0.25) is 4.99 Å². The third-order valence-corrected chi connectivity index (χ3v) is 5.08. The van der Waals surface area contributed by atoms with E-state index in [2.05, 4.69) is 39.9 Å². The van der Waals surface area contributed by atoms with Gasteiger partial charge in [-0.25, -0.2) is 4.39 Å². The molecular weight excluding hydrogens is 333 g/mol. The largest absolute Gasteiger partial charge is 0.353 e. The number of benzene rings is 2. The maximum Gasteiger partial charge on any atom is 0.191 e. The normalized spacial score (nSPS) is 19.6. The third-order valence-electron chi connectivity index (χ3n) is 4.48. The van der Waals surface area contributed by atoms with E-state index in [0.29, 0.717) is 18.5 Å². The molecule has 0 radical (unpaired) electrons. The van der Waals surface area contributed by atoms with E-state index in [1.54, 1.807) is 24.9 Å². The Bertz CT molecular complexity index is 733. The standard InChI is InChI=1S/C20H24FN3S/c1-22-20(24-19-11-18(19)14-6-4-3-5-7-14)23-12-15-8-9-17(21)10-16(15)13-25-2/h3-10,18-19H,11-13H2,1-2H3,(H2,22,23,24). The number of rotatable bonds is 6. The lowest BCUT2D eigenvalue weighted by atomic mass is 10.1. The van der Waals surface area contributed by atoms with Crippen LogP contribution in [0.5, 0.6) is 0 Å². The molecule has 1 fully saturated rings. The van der Waals surface area contributed by atoms with Crippen LogP contribution >= 0.6 is 11.8 Å². The summed E-state index contributed by atoms with van der Waals surface area (Å²) in [5.41, 5.74) is 3.51. The molecule has 25 heavy (non-hydrogen) atoms. The summed E-state index contributed by atoms with van der Waals surface area (Å²) in [5, 5.41) is 6.84. The molecular formula is C20H24FN3S. The Morgan fingerprint density at radius 1 is 1.20 bits per heavy atom. The minimum Gasteiger partial charge on any atom is -0.353 e. The van der Waals surface area contributed by atoms with Crippen molar-refractivity contribution in [2.45, 2.75) is 30.7 Å². The van der Waals surface area contributed by atoms with E-state index in [-0.39, 0.29) is 5.82 Å². The van der Waals surface area contributed by atoms with Crippen LogP contribution in [-0.4, -0.2) is 25.3 Å². The number of aliphatic imine (C=N–C) groups is 1. The predicted octanol–water partition coefficient (Wildman–Crippen LogP) is 3.91. The molecule has 2 aromatic carbocycles. The molecule has 2 atom stereocenters. The summed E-state index contributed by atoms with van der Waals surface area (Å²) in [4.78, 5) is 4.32. The first-order valence-corrected chi connectivity index (χ1v) is 9.89. The monoisotopic (exact) mass is 357 g/mol. The van der Waals surface area contributed by atoms with Crippen molar-refractivity contribution < 1.29 is 4.39 Å². The van der Waals surface area contributed by atoms with Gasteiger partial charge >= 0.3 is 0 Å². The Labute approximate surface area is 153 Å². The van der Waals surface area contributed by atoms with Crippen LogP contribution in [0.15, 0.2) is 53.5 Å². The first kappa shape index (κ1) is 17.8. The number of halogens is 1. The molecule has 132 valence electrons. The van der Waals surface area contributed by atoms with Gasteiger partial charge in [0.15, 0.2) is 5.96 Å². The van der Waals surface area contributed by atoms with Gasteiger partial charge in [-0.05, 0) is 41.5 Å². The summed E-state index contributed by atoms with van der Waals surface area (Å²) < 4.78 is 13.5. The van der Waals surface area contributed by atoms with Crippen molar-refractivity contribution in [2.75, 3.05) is 13.3 Å². The minimum absolute atomic E-state index is 0.181. The number of hydrogen-bond acceptors (Lipinski definition) is 2. The molecule has 0 heterocycles. The van der Waals surface area contributed by atoms with Crippen LogP contribution < -0.4 is 10.6 Å². The van der Waals surface area contributed by atoms with E-state index in [4.69, 9.17) is 0 Å². The topological polar surface area (TPSA) is 36.4 Å². The molecule has 1 aliphatic rings. The highest BCUT2D eigenvalue weighted by Crippen LogP contribution is 2.40. The Balaban J connectivity index is 1.56. The second kappa shape index (κ2) is 8.39. The minimum atomic E-state index is -0.181. The molecule has 2 aromatic rings. The maximum atomic E-state index is 13.5. The highest BCUT2D eigenvalue weighted by atomic mass is 32.2. The highest BCUT2D eigenvalue weighted by Gasteiger charge is 2.38. The number of thioether (sulfide) groups is 1. The molecule has 0 bridgehead atoms. The average molecular weight is 357 g/mol. The number of hydrogen-bond donors (Lipinski definition) is 2. The third kappa shape index (κ3) is 4.75. The lowest BCUT2D eigenvalue weighted by Crippen LogP contribution is -2.38. The predicted molar refractivity (Wildman–Crippen MR) is 105 cm³/mol. The lowest BCUT2D eigenvalue weighted by Gasteiger charge is -2.14. The molecule has 3 rings (SSSR count). The average Bonchev–Trinajstić information content (AvgIpc) is 3.40. The Morgan fingerprint density at radius 3 is 2.72 bits per heavy atom. The second-order valence-electron chi connectivity index (χ2n) is 6.28. The summed E-state index contributed by atoms with van der Waals surface area (Å²) in [6.07, 6.45) is 3.15. The van der Waals surface area contributed by atoms with Gasteiger partial charge in [0, 0.05) is 31.3 Å². The Kier molecular flexibility index (Phi) is 5.97. The number of nitrogens with one attached hydrogen (secondary N) is 2. The molecule has 1 aliphatic carbocycles. The molecule has 0 amide bonds. The SMILES string of the molecule is CN=C(NCc1ccc(F)cc1CSC)NC1CC1c1ccccc1. The molecule has 0 aromatic heterocycles. The Hall–Kier alpha value is -2.01. The first-order valence-electron chi connectivity index (χ1n) is 8.49. The number of nitrogens with zero attached hydrogens (tertiary/aromatic N) is 1. The second-order valence-corrected chi connectivity index (χ2v) is 7.14. The molecule has 0 saturated heterocycles. The zero-order valence-corrected chi connectivity index (χ0v) is 15.4. The first-order chi connectivity index (χ1) is 12.2. The van der Waals surface area contributed by atoms with Crippen LogP contribution in [0.1, 0.15) is 29.0 Å². The quantitative estimate of drug-likeness (QED) is 0.608. The summed E-state index contributed by atoms with van der Waals surface area (Å²) in [5.74, 6) is 1.97. The fourth-order valence-corrected chi connectivity index (χ4v) is 3.61. The molecule has 0 aliphatic heterocycles. The maximum absolute atomic E-state index is 13.5. The molecule has 2 unspecified atom stereocenters. The smallest absolute Gasteiger partial charge is 0.191 e. The van der Waals surface area contributed by atoms with Gasteiger partial charge in [0.25, 0.3) is 0 Å². The van der Waals surface area contributed by atoms with Crippen LogP contribution in [0.3, 0.4) is 0 Å². The van der Waals surface area contributed by atoms with E-state index in [0.717, 1.165) is 29.3 Å². The van der Waals surface area contributed by atoms with Crippen LogP contribution in [0, 0.1) is 5.82 Å². The van der Waals surface area contributed by atoms with E-state index in [9.17, 15) is 4.39 Å². The van der Waals surface area contributed by atoms with Crippen molar-refractivity contribution >= 4 is 17.7 Å². The Morgan fingerprint density at radius 2 is 2.00 bits per heavy atom. The van der Waals surface area contributed by atoms with E-state index in [1.165, 1.54) is 11.6 Å².